The summed E-state index contributed by atoms with van der Waals surface area (Å²) in [5.41, 5.74) is 1.77. The molecule has 1 aromatic carbocycles. The second-order valence-corrected chi connectivity index (χ2v) is 8.14. The number of carbonyl (C=O) groups is 1. The molecule has 0 atom stereocenters. The molecular weight excluding hydrogens is 430 g/mol. The Morgan fingerprint density at radius 1 is 1.12 bits per heavy atom. The van der Waals surface area contributed by atoms with Crippen LogP contribution in [-0.2, 0) is 24.2 Å². The second kappa shape index (κ2) is 9.39. The zero-order valence-corrected chi connectivity index (χ0v) is 19.1. The first kappa shape index (κ1) is 21.8. The highest BCUT2D eigenvalue weighted by Gasteiger charge is 2.17. The lowest BCUT2D eigenvalue weighted by molar-refractivity contribution is -0.121. The van der Waals surface area contributed by atoms with Gasteiger partial charge in [0.1, 0.15) is 10.5 Å². The highest BCUT2D eigenvalue weighted by molar-refractivity contribution is 7.17. The number of nitrogens with one attached hydrogen (secondary N) is 1. The summed E-state index contributed by atoms with van der Waals surface area (Å²) in [7, 11) is 3.20. The summed E-state index contributed by atoms with van der Waals surface area (Å²) in [5.74, 6) is 2.45. The Hall–Kier alpha value is -3.40. The molecule has 0 spiro atoms. The summed E-state index contributed by atoms with van der Waals surface area (Å²) in [5, 5.41) is 13.3. The summed E-state index contributed by atoms with van der Waals surface area (Å²) in [6.45, 7) is 2.92. The van der Waals surface area contributed by atoms with Crippen LogP contribution in [-0.4, -0.2) is 45.8 Å². The molecule has 0 aliphatic heterocycles. The minimum Gasteiger partial charge on any atom is -0.493 e. The number of hydrogen-bond donors (Lipinski definition) is 1. The third kappa shape index (κ3) is 4.05. The van der Waals surface area contributed by atoms with E-state index in [1.807, 2.05) is 41.0 Å². The van der Waals surface area contributed by atoms with Crippen LogP contribution in [0.1, 0.15) is 24.7 Å². The third-order valence-corrected chi connectivity index (χ3v) is 6.25. The van der Waals surface area contributed by atoms with Gasteiger partial charge in [0, 0.05) is 25.9 Å². The molecule has 3 aromatic heterocycles. The Bertz CT molecular complexity index is 1320. The SMILES string of the molecule is CCn1c(=O)c2sccc2n2c(CCC(=O)NCCc3ccc(OC)c(OC)c3)nnc12. The molecule has 1 N–H and O–H groups in total. The summed E-state index contributed by atoms with van der Waals surface area (Å²) < 4.78 is 14.7. The van der Waals surface area contributed by atoms with Crippen LogP contribution in [0, 0.1) is 0 Å². The van der Waals surface area contributed by atoms with Crippen molar-refractivity contribution < 1.29 is 14.3 Å². The number of carbonyl (C=O) groups excluding carboxylic acids is 1. The molecule has 3 heterocycles. The number of hydrogen-bond acceptors (Lipinski definition) is 7. The van der Waals surface area contributed by atoms with Gasteiger partial charge in [0.05, 0.1) is 19.7 Å². The molecule has 0 bridgehead atoms. The quantitative estimate of drug-likeness (QED) is 0.416. The van der Waals surface area contributed by atoms with Crippen LogP contribution in [0.5, 0.6) is 11.5 Å². The van der Waals surface area contributed by atoms with Gasteiger partial charge in [-0.2, -0.15) is 0 Å². The van der Waals surface area contributed by atoms with Crippen LogP contribution in [0.3, 0.4) is 0 Å². The topological polar surface area (TPSA) is 99.8 Å². The number of ether oxygens (including phenoxy) is 2. The number of aryl methyl sites for hydroxylation is 2. The van der Waals surface area contributed by atoms with E-state index in [0.29, 0.717) is 53.7 Å². The van der Waals surface area contributed by atoms with Crippen molar-refractivity contribution in [2.24, 2.45) is 0 Å². The molecule has 0 unspecified atom stereocenters. The molecule has 0 saturated heterocycles. The molecule has 0 aliphatic carbocycles. The fourth-order valence-corrected chi connectivity index (χ4v) is 4.55. The van der Waals surface area contributed by atoms with E-state index in [4.69, 9.17) is 9.47 Å². The summed E-state index contributed by atoms with van der Waals surface area (Å²) in [6.07, 6.45) is 1.39. The van der Waals surface area contributed by atoms with Crippen LogP contribution in [0.25, 0.3) is 16.0 Å². The van der Waals surface area contributed by atoms with Gasteiger partial charge in [-0.1, -0.05) is 6.07 Å². The average molecular weight is 456 g/mol. The molecule has 32 heavy (non-hydrogen) atoms. The van der Waals surface area contributed by atoms with Crippen LogP contribution >= 0.6 is 11.3 Å². The fraction of sp³-hybridized carbons (Fsp3) is 0.364. The van der Waals surface area contributed by atoms with Crippen LogP contribution in [0.2, 0.25) is 0 Å². The minimum absolute atomic E-state index is 0.0585. The van der Waals surface area contributed by atoms with Crippen molar-refractivity contribution in [1.82, 2.24) is 24.5 Å². The van der Waals surface area contributed by atoms with Gasteiger partial charge >= 0.3 is 0 Å². The van der Waals surface area contributed by atoms with Crippen molar-refractivity contribution in [3.63, 3.8) is 0 Å². The van der Waals surface area contributed by atoms with Crippen molar-refractivity contribution in [2.45, 2.75) is 32.7 Å². The van der Waals surface area contributed by atoms with Crippen LogP contribution < -0.4 is 20.3 Å². The molecule has 0 fully saturated rings. The Morgan fingerprint density at radius 2 is 1.94 bits per heavy atom. The highest BCUT2D eigenvalue weighted by atomic mass is 32.1. The molecule has 4 rings (SSSR count). The number of nitrogens with zero attached hydrogens (tertiary/aromatic N) is 4. The number of amides is 1. The zero-order chi connectivity index (χ0) is 22.7. The molecule has 168 valence electrons. The standard InChI is InChI=1S/C22H25N5O4S/c1-4-26-21(29)20-15(10-12-32-20)27-18(24-25-22(26)27)7-8-19(28)23-11-9-14-5-6-16(30-2)17(13-14)31-3/h5-6,10,12-13H,4,7-9,11H2,1-3H3,(H,23,28). The van der Waals surface area contributed by atoms with Crippen molar-refractivity contribution in [3.05, 3.63) is 51.4 Å². The lowest BCUT2D eigenvalue weighted by Gasteiger charge is -2.10. The van der Waals surface area contributed by atoms with Gasteiger partial charge in [0.15, 0.2) is 11.5 Å². The van der Waals surface area contributed by atoms with E-state index >= 15 is 0 Å². The molecule has 0 aliphatic rings. The fourth-order valence-electron chi connectivity index (χ4n) is 3.72. The molecular formula is C22H25N5O4S. The van der Waals surface area contributed by atoms with E-state index in [1.165, 1.54) is 11.3 Å². The van der Waals surface area contributed by atoms with E-state index in [2.05, 4.69) is 15.5 Å². The van der Waals surface area contributed by atoms with E-state index in [9.17, 15) is 9.59 Å². The maximum Gasteiger partial charge on any atom is 0.272 e. The second-order valence-electron chi connectivity index (χ2n) is 7.23. The van der Waals surface area contributed by atoms with Gasteiger partial charge in [0.2, 0.25) is 11.7 Å². The molecule has 0 radical (unpaired) electrons. The maximum absolute atomic E-state index is 12.6. The smallest absolute Gasteiger partial charge is 0.272 e. The van der Waals surface area contributed by atoms with E-state index < -0.39 is 0 Å². The van der Waals surface area contributed by atoms with Gasteiger partial charge in [-0.15, -0.1) is 21.5 Å². The summed E-state index contributed by atoms with van der Waals surface area (Å²) >= 11 is 1.40. The van der Waals surface area contributed by atoms with Gasteiger partial charge in [-0.25, -0.2) is 0 Å². The Kier molecular flexibility index (Phi) is 6.40. The Labute approximate surface area is 188 Å². The number of methoxy groups -OCH3 is 2. The number of fused-ring (bicyclic) bond motifs is 3. The molecule has 0 saturated carbocycles. The average Bonchev–Trinajstić information content (AvgIpc) is 3.45. The predicted molar refractivity (Wildman–Crippen MR) is 123 cm³/mol. The van der Waals surface area contributed by atoms with Gasteiger partial charge in [-0.3, -0.25) is 18.6 Å². The van der Waals surface area contributed by atoms with E-state index in [0.717, 1.165) is 11.1 Å². The highest BCUT2D eigenvalue weighted by Crippen LogP contribution is 2.27. The summed E-state index contributed by atoms with van der Waals surface area (Å²) in [6, 6.07) is 7.61. The van der Waals surface area contributed by atoms with Gasteiger partial charge in [-0.05, 0) is 42.5 Å². The monoisotopic (exact) mass is 455 g/mol. The van der Waals surface area contributed by atoms with Gasteiger partial charge < -0.3 is 14.8 Å². The molecule has 4 aromatic rings. The lowest BCUT2D eigenvalue weighted by atomic mass is 10.1. The molecule has 10 heteroatoms. The van der Waals surface area contributed by atoms with Crippen molar-refractivity contribution in [2.75, 3.05) is 20.8 Å². The first-order valence-corrected chi connectivity index (χ1v) is 11.3. The van der Waals surface area contributed by atoms with Crippen molar-refractivity contribution >= 4 is 33.2 Å². The lowest BCUT2D eigenvalue weighted by Crippen LogP contribution is -2.26. The molecule has 9 nitrogen and oxygen atoms in total. The predicted octanol–water partition coefficient (Wildman–Crippen LogP) is 2.43. The van der Waals surface area contributed by atoms with Gasteiger partial charge in [0.25, 0.3) is 5.56 Å². The number of rotatable bonds is 9. The molecule has 1 amide bonds. The van der Waals surface area contributed by atoms with E-state index in [1.54, 1.807) is 18.8 Å². The Morgan fingerprint density at radius 3 is 2.69 bits per heavy atom. The first-order chi connectivity index (χ1) is 15.6. The Balaban J connectivity index is 1.41. The van der Waals surface area contributed by atoms with Crippen LogP contribution in [0.15, 0.2) is 34.4 Å². The van der Waals surface area contributed by atoms with Crippen molar-refractivity contribution in [3.8, 4) is 11.5 Å². The number of aromatic nitrogens is 4. The third-order valence-electron chi connectivity index (χ3n) is 5.35. The number of thiophene rings is 1. The first-order valence-electron chi connectivity index (χ1n) is 10.4. The van der Waals surface area contributed by atoms with Crippen LogP contribution in [0.4, 0.5) is 0 Å². The number of benzene rings is 1. The largest absolute Gasteiger partial charge is 0.493 e. The minimum atomic E-state index is -0.0624. The zero-order valence-electron chi connectivity index (χ0n) is 18.3. The van der Waals surface area contributed by atoms with E-state index in [-0.39, 0.29) is 17.9 Å². The van der Waals surface area contributed by atoms with Crippen molar-refractivity contribution in [1.29, 1.82) is 0 Å². The normalized spacial score (nSPS) is 11.2. The maximum atomic E-state index is 12.6. The summed E-state index contributed by atoms with van der Waals surface area (Å²) in [4.78, 5) is 25.0.